The van der Waals surface area contributed by atoms with Gasteiger partial charge in [-0.05, 0) is 23.8 Å². The lowest BCUT2D eigenvalue weighted by molar-refractivity contribution is -0.383. The third-order valence-electron chi connectivity index (χ3n) is 3.64. The highest BCUT2D eigenvalue weighted by molar-refractivity contribution is 5.96. The van der Waals surface area contributed by atoms with Gasteiger partial charge in [0.2, 0.25) is 5.91 Å². The number of rotatable bonds is 5. The molecule has 1 amide bonds. The Kier molecular flexibility index (Phi) is 4.07. The van der Waals surface area contributed by atoms with Gasteiger partial charge in [0.05, 0.1) is 4.92 Å². The molecule has 0 radical (unpaired) electrons. The number of pyridine rings is 1. The molecule has 7 nitrogen and oxygen atoms in total. The SMILES string of the molecule is NC(=O)c1cccc(CNc2ccnc3c([N+](=O)[O-])cccc23)c1. The molecule has 0 bridgehead atoms. The monoisotopic (exact) mass is 322 g/mol. The molecule has 0 atom stereocenters. The molecule has 24 heavy (non-hydrogen) atoms. The highest BCUT2D eigenvalue weighted by Crippen LogP contribution is 2.28. The van der Waals surface area contributed by atoms with Gasteiger partial charge >= 0.3 is 0 Å². The molecule has 0 fully saturated rings. The molecule has 1 heterocycles. The van der Waals surface area contributed by atoms with E-state index in [-0.39, 0.29) is 5.69 Å². The van der Waals surface area contributed by atoms with Gasteiger partial charge in [-0.25, -0.2) is 4.98 Å². The summed E-state index contributed by atoms with van der Waals surface area (Å²) in [6.45, 7) is 0.447. The minimum absolute atomic E-state index is 0.0353. The summed E-state index contributed by atoms with van der Waals surface area (Å²) in [5.74, 6) is -0.484. The number of nitro benzene ring substituents is 1. The third-order valence-corrected chi connectivity index (χ3v) is 3.64. The molecule has 3 N–H and O–H groups in total. The van der Waals surface area contributed by atoms with Crippen molar-refractivity contribution in [2.24, 2.45) is 5.73 Å². The molecule has 7 heteroatoms. The molecule has 0 aliphatic carbocycles. The molecule has 3 rings (SSSR count). The molecule has 0 saturated carbocycles. The van der Waals surface area contributed by atoms with E-state index in [0.717, 1.165) is 11.3 Å². The first kappa shape index (κ1) is 15.4. The zero-order valence-electron chi connectivity index (χ0n) is 12.6. The van der Waals surface area contributed by atoms with Crippen LogP contribution in [-0.4, -0.2) is 15.8 Å². The zero-order valence-corrected chi connectivity index (χ0v) is 12.6. The van der Waals surface area contributed by atoms with Gasteiger partial charge in [-0.3, -0.25) is 14.9 Å². The van der Waals surface area contributed by atoms with Gasteiger partial charge in [0, 0.05) is 35.4 Å². The standard InChI is InChI=1S/C17H14N4O3/c18-17(22)12-4-1-3-11(9-12)10-20-14-7-8-19-16-13(14)5-2-6-15(16)21(23)24/h1-9H,10H2,(H2,18,22)(H,19,20). The molecule has 0 aliphatic heterocycles. The van der Waals surface area contributed by atoms with Crippen LogP contribution in [0.2, 0.25) is 0 Å². The van der Waals surface area contributed by atoms with Gasteiger partial charge in [-0.1, -0.05) is 24.3 Å². The number of non-ortho nitro benzene ring substituents is 1. The second kappa shape index (κ2) is 6.33. The van der Waals surface area contributed by atoms with Gasteiger partial charge in [0.15, 0.2) is 0 Å². The van der Waals surface area contributed by atoms with E-state index in [2.05, 4.69) is 10.3 Å². The topological polar surface area (TPSA) is 111 Å². The summed E-state index contributed by atoms with van der Waals surface area (Å²) in [5, 5.41) is 15.0. The summed E-state index contributed by atoms with van der Waals surface area (Å²) in [7, 11) is 0. The van der Waals surface area contributed by atoms with Crippen LogP contribution < -0.4 is 11.1 Å². The first-order chi connectivity index (χ1) is 11.6. The quantitative estimate of drug-likeness (QED) is 0.554. The average Bonchev–Trinajstić information content (AvgIpc) is 2.59. The molecule has 3 aromatic rings. The van der Waals surface area contributed by atoms with Crippen molar-refractivity contribution in [3.8, 4) is 0 Å². The number of carbonyl (C=O) groups is 1. The number of nitrogens with two attached hydrogens (primary N) is 1. The predicted octanol–water partition coefficient (Wildman–Crippen LogP) is 2.85. The molecule has 0 unspecified atom stereocenters. The van der Waals surface area contributed by atoms with Crippen LogP contribution in [0.1, 0.15) is 15.9 Å². The number of primary amides is 1. The van der Waals surface area contributed by atoms with Crippen molar-refractivity contribution in [1.82, 2.24) is 4.98 Å². The van der Waals surface area contributed by atoms with Crippen LogP contribution >= 0.6 is 0 Å². The molecule has 0 spiro atoms. The average molecular weight is 322 g/mol. The van der Waals surface area contributed by atoms with E-state index in [0.29, 0.717) is 23.0 Å². The summed E-state index contributed by atoms with van der Waals surface area (Å²) in [4.78, 5) is 26.0. The summed E-state index contributed by atoms with van der Waals surface area (Å²) in [6, 6.07) is 13.6. The van der Waals surface area contributed by atoms with E-state index in [1.165, 1.54) is 12.3 Å². The Balaban J connectivity index is 1.91. The Morgan fingerprint density at radius 1 is 1.21 bits per heavy atom. The summed E-state index contributed by atoms with van der Waals surface area (Å²) >= 11 is 0. The van der Waals surface area contributed by atoms with Crippen molar-refractivity contribution >= 4 is 28.2 Å². The number of benzene rings is 2. The van der Waals surface area contributed by atoms with Gasteiger partial charge in [-0.2, -0.15) is 0 Å². The molecular weight excluding hydrogens is 308 g/mol. The Labute approximate surface area is 137 Å². The van der Waals surface area contributed by atoms with Crippen LogP contribution in [-0.2, 0) is 6.54 Å². The van der Waals surface area contributed by atoms with Gasteiger partial charge < -0.3 is 11.1 Å². The third kappa shape index (κ3) is 3.00. The number of aromatic nitrogens is 1. The first-order valence-corrected chi connectivity index (χ1v) is 7.21. The second-order valence-electron chi connectivity index (χ2n) is 5.21. The van der Waals surface area contributed by atoms with Crippen LogP contribution in [0.15, 0.2) is 54.7 Å². The number of nitro groups is 1. The van der Waals surface area contributed by atoms with E-state index in [1.54, 1.807) is 36.4 Å². The van der Waals surface area contributed by atoms with Crippen LogP contribution in [0.4, 0.5) is 11.4 Å². The number of carbonyl (C=O) groups excluding carboxylic acids is 1. The van der Waals surface area contributed by atoms with Crippen LogP contribution in [0.3, 0.4) is 0 Å². The highest BCUT2D eigenvalue weighted by atomic mass is 16.6. The van der Waals surface area contributed by atoms with Crippen LogP contribution in [0, 0.1) is 10.1 Å². The lowest BCUT2D eigenvalue weighted by Gasteiger charge is -2.10. The number of nitrogens with one attached hydrogen (secondary N) is 1. The lowest BCUT2D eigenvalue weighted by atomic mass is 10.1. The second-order valence-corrected chi connectivity index (χ2v) is 5.21. The Morgan fingerprint density at radius 2 is 2.00 bits per heavy atom. The normalized spacial score (nSPS) is 10.5. The predicted molar refractivity (Wildman–Crippen MR) is 90.7 cm³/mol. The number of amides is 1. The van der Waals surface area contributed by atoms with Crippen LogP contribution in [0.25, 0.3) is 10.9 Å². The maximum Gasteiger partial charge on any atom is 0.295 e. The molecule has 2 aromatic carbocycles. The first-order valence-electron chi connectivity index (χ1n) is 7.21. The Hall–Kier alpha value is -3.48. The Morgan fingerprint density at radius 3 is 2.75 bits per heavy atom. The fourth-order valence-electron chi connectivity index (χ4n) is 2.49. The Bertz CT molecular complexity index is 940. The van der Waals surface area contributed by atoms with E-state index < -0.39 is 10.8 Å². The van der Waals surface area contributed by atoms with Gasteiger partial charge in [0.1, 0.15) is 5.52 Å². The number of anilines is 1. The minimum atomic E-state index is -0.484. The smallest absolute Gasteiger partial charge is 0.295 e. The van der Waals surface area contributed by atoms with Gasteiger partial charge in [0.25, 0.3) is 5.69 Å². The number of nitrogens with zero attached hydrogens (tertiary/aromatic N) is 2. The van der Waals surface area contributed by atoms with Crippen molar-refractivity contribution in [1.29, 1.82) is 0 Å². The fourth-order valence-corrected chi connectivity index (χ4v) is 2.49. The van der Waals surface area contributed by atoms with Crippen LogP contribution in [0.5, 0.6) is 0 Å². The fraction of sp³-hybridized carbons (Fsp3) is 0.0588. The van der Waals surface area contributed by atoms with E-state index >= 15 is 0 Å². The highest BCUT2D eigenvalue weighted by Gasteiger charge is 2.14. The number of fused-ring (bicyclic) bond motifs is 1. The van der Waals surface area contributed by atoms with E-state index in [4.69, 9.17) is 5.73 Å². The van der Waals surface area contributed by atoms with Crippen molar-refractivity contribution in [3.63, 3.8) is 0 Å². The molecule has 0 saturated heterocycles. The molecule has 0 aliphatic rings. The number of hydrogen-bond donors (Lipinski definition) is 2. The van der Waals surface area contributed by atoms with E-state index in [9.17, 15) is 14.9 Å². The zero-order chi connectivity index (χ0) is 17.1. The summed E-state index contributed by atoms with van der Waals surface area (Å²) < 4.78 is 0. The lowest BCUT2D eigenvalue weighted by Crippen LogP contribution is -2.11. The van der Waals surface area contributed by atoms with Crippen molar-refractivity contribution in [2.75, 3.05) is 5.32 Å². The molecule has 120 valence electrons. The van der Waals surface area contributed by atoms with Gasteiger partial charge in [-0.15, -0.1) is 0 Å². The molecular formula is C17H14N4O3. The largest absolute Gasteiger partial charge is 0.380 e. The maximum absolute atomic E-state index is 11.2. The van der Waals surface area contributed by atoms with Crippen molar-refractivity contribution < 1.29 is 9.72 Å². The summed E-state index contributed by atoms with van der Waals surface area (Å²) in [6.07, 6.45) is 1.53. The maximum atomic E-state index is 11.2. The summed E-state index contributed by atoms with van der Waals surface area (Å²) in [5.41, 5.74) is 7.62. The number of hydrogen-bond acceptors (Lipinski definition) is 5. The number of para-hydroxylation sites is 1. The van der Waals surface area contributed by atoms with E-state index in [1.807, 2.05) is 6.07 Å². The van der Waals surface area contributed by atoms with Crippen molar-refractivity contribution in [3.05, 3.63) is 76.0 Å². The van der Waals surface area contributed by atoms with Crippen molar-refractivity contribution in [2.45, 2.75) is 6.54 Å². The molecule has 1 aromatic heterocycles. The minimum Gasteiger partial charge on any atom is -0.380 e.